The molecule has 29 heavy (non-hydrogen) atoms. The lowest BCUT2D eigenvalue weighted by Crippen LogP contribution is -3.12. The van der Waals surface area contributed by atoms with Crippen molar-refractivity contribution in [3.8, 4) is 0 Å². The van der Waals surface area contributed by atoms with Crippen molar-refractivity contribution >= 4 is 17.4 Å². The Balaban J connectivity index is 2.06. The number of nitrogens with zero attached hydrogens (tertiary/aromatic N) is 2. The van der Waals surface area contributed by atoms with Gasteiger partial charge in [-0.25, -0.2) is 4.39 Å². The Labute approximate surface area is 169 Å². The minimum atomic E-state index is -0.733. The molecule has 7 heteroatoms. The van der Waals surface area contributed by atoms with Crippen molar-refractivity contribution in [3.05, 3.63) is 71.3 Å². The quantitative estimate of drug-likeness (QED) is 0.422. The van der Waals surface area contributed by atoms with Gasteiger partial charge in [-0.05, 0) is 55.8 Å². The summed E-state index contributed by atoms with van der Waals surface area (Å²) >= 11 is 0. The van der Waals surface area contributed by atoms with Crippen molar-refractivity contribution in [3.63, 3.8) is 0 Å². The molecule has 2 aromatic rings. The van der Waals surface area contributed by atoms with Gasteiger partial charge >= 0.3 is 0 Å². The Bertz CT molecular complexity index is 909. The standard InChI is InChI=1S/C22H24FN3O3/c1-3-25(4-2)13-14-26-19(15-9-11-24-12-10-15)18(21(28)22(26)29)20(27)16-5-7-17(23)8-6-16/h5-12,19,27H,3-4,13-14H2,1-2H3/p+1/b20-18-/t19-/m0/s1. The number of rotatable bonds is 7. The number of Topliss-reactive ketones (excluding diaryl/α,β-unsaturated/α-hetero) is 1. The molecule has 0 radical (unpaired) electrons. The van der Waals surface area contributed by atoms with Crippen LogP contribution in [-0.4, -0.2) is 52.9 Å². The number of carbonyl (C=O) groups excluding carboxylic acids is 2. The van der Waals surface area contributed by atoms with Gasteiger partial charge in [0.2, 0.25) is 0 Å². The number of ketones is 1. The number of pyridine rings is 1. The number of aliphatic hydroxyl groups is 1. The van der Waals surface area contributed by atoms with Crippen LogP contribution in [0.2, 0.25) is 0 Å². The van der Waals surface area contributed by atoms with Crippen molar-refractivity contribution in [2.75, 3.05) is 26.2 Å². The first-order valence-electron chi connectivity index (χ1n) is 9.75. The molecule has 1 atom stereocenters. The molecule has 1 fully saturated rings. The average molecular weight is 398 g/mol. The Morgan fingerprint density at radius 2 is 1.72 bits per heavy atom. The highest BCUT2D eigenvalue weighted by Crippen LogP contribution is 2.38. The number of likely N-dealkylation sites (tertiary alicyclic amines) is 1. The number of hydrogen-bond donors (Lipinski definition) is 2. The summed E-state index contributed by atoms with van der Waals surface area (Å²) in [5.41, 5.74) is 0.998. The summed E-state index contributed by atoms with van der Waals surface area (Å²) in [6.07, 6.45) is 3.17. The largest absolute Gasteiger partial charge is 0.507 e. The van der Waals surface area contributed by atoms with E-state index in [2.05, 4.69) is 18.8 Å². The molecular formula is C22H25FN3O3+. The summed E-state index contributed by atoms with van der Waals surface area (Å²) in [4.78, 5) is 32.5. The molecule has 2 N–H and O–H groups in total. The van der Waals surface area contributed by atoms with Gasteiger partial charge in [0, 0.05) is 18.0 Å². The molecule has 1 aromatic heterocycles. The molecule has 1 amide bonds. The molecular weight excluding hydrogens is 373 g/mol. The van der Waals surface area contributed by atoms with Gasteiger partial charge < -0.3 is 14.9 Å². The summed E-state index contributed by atoms with van der Waals surface area (Å²) in [6.45, 7) is 7.04. The van der Waals surface area contributed by atoms with E-state index < -0.39 is 23.5 Å². The number of hydrogen-bond acceptors (Lipinski definition) is 4. The van der Waals surface area contributed by atoms with Gasteiger partial charge in [0.15, 0.2) is 0 Å². The zero-order valence-electron chi connectivity index (χ0n) is 16.6. The zero-order chi connectivity index (χ0) is 21.0. The summed E-state index contributed by atoms with van der Waals surface area (Å²) in [5, 5.41) is 10.9. The van der Waals surface area contributed by atoms with E-state index in [4.69, 9.17) is 0 Å². The van der Waals surface area contributed by atoms with E-state index in [9.17, 15) is 19.1 Å². The van der Waals surface area contributed by atoms with E-state index in [1.807, 2.05) is 0 Å². The molecule has 0 spiro atoms. The lowest BCUT2D eigenvalue weighted by Gasteiger charge is -2.26. The van der Waals surface area contributed by atoms with Crippen molar-refractivity contribution < 1.29 is 24.0 Å². The van der Waals surface area contributed by atoms with E-state index in [-0.39, 0.29) is 16.9 Å². The number of nitrogens with one attached hydrogen (secondary N) is 1. The molecule has 0 saturated carbocycles. The van der Waals surface area contributed by atoms with Crippen LogP contribution in [0.1, 0.15) is 31.0 Å². The van der Waals surface area contributed by atoms with E-state index in [1.54, 1.807) is 24.5 Å². The minimum absolute atomic E-state index is 0.0161. The summed E-state index contributed by atoms with van der Waals surface area (Å²) in [5.74, 6) is -2.12. The van der Waals surface area contributed by atoms with Crippen LogP contribution in [0.15, 0.2) is 54.4 Å². The lowest BCUT2D eigenvalue weighted by atomic mass is 9.96. The monoisotopic (exact) mass is 398 g/mol. The van der Waals surface area contributed by atoms with Gasteiger partial charge in [-0.1, -0.05) is 0 Å². The zero-order valence-corrected chi connectivity index (χ0v) is 16.6. The van der Waals surface area contributed by atoms with Gasteiger partial charge in [0.05, 0.1) is 37.8 Å². The van der Waals surface area contributed by atoms with E-state index >= 15 is 0 Å². The third-order valence-corrected chi connectivity index (χ3v) is 5.39. The minimum Gasteiger partial charge on any atom is -0.507 e. The molecule has 0 aliphatic carbocycles. The Morgan fingerprint density at radius 3 is 2.31 bits per heavy atom. The number of amides is 1. The smallest absolute Gasteiger partial charge is 0.295 e. The molecule has 6 nitrogen and oxygen atoms in total. The fraction of sp³-hybridized carbons (Fsp3) is 0.318. The molecule has 1 aliphatic heterocycles. The molecule has 2 heterocycles. The normalized spacial score (nSPS) is 18.6. The number of carbonyl (C=O) groups is 2. The lowest BCUT2D eigenvalue weighted by molar-refractivity contribution is -0.895. The topological polar surface area (TPSA) is 74.9 Å². The molecule has 152 valence electrons. The highest BCUT2D eigenvalue weighted by molar-refractivity contribution is 6.46. The van der Waals surface area contributed by atoms with Gasteiger partial charge in [-0.3, -0.25) is 14.6 Å². The molecule has 0 unspecified atom stereocenters. The number of aromatic nitrogens is 1. The first-order chi connectivity index (χ1) is 14.0. The fourth-order valence-electron chi connectivity index (χ4n) is 3.65. The Hall–Kier alpha value is -3.06. The van der Waals surface area contributed by atoms with Crippen LogP contribution in [-0.2, 0) is 9.59 Å². The summed E-state index contributed by atoms with van der Waals surface area (Å²) < 4.78 is 13.3. The van der Waals surface area contributed by atoms with Crippen molar-refractivity contribution in [2.24, 2.45) is 0 Å². The second-order valence-electron chi connectivity index (χ2n) is 6.99. The van der Waals surface area contributed by atoms with Crippen LogP contribution in [0, 0.1) is 5.82 Å². The maximum Gasteiger partial charge on any atom is 0.295 e. The molecule has 1 aromatic carbocycles. The van der Waals surface area contributed by atoms with Gasteiger partial charge in [-0.2, -0.15) is 0 Å². The molecule has 0 bridgehead atoms. The predicted octanol–water partition coefficient (Wildman–Crippen LogP) is 1.57. The number of quaternary nitrogens is 1. The first-order valence-corrected chi connectivity index (χ1v) is 9.75. The molecule has 3 rings (SSSR count). The van der Waals surface area contributed by atoms with Crippen molar-refractivity contribution in [1.29, 1.82) is 0 Å². The second kappa shape index (κ2) is 8.96. The van der Waals surface area contributed by atoms with Gasteiger partial charge in [-0.15, -0.1) is 0 Å². The number of aliphatic hydroxyl groups excluding tert-OH is 1. The summed E-state index contributed by atoms with van der Waals surface area (Å²) in [7, 11) is 0. The Kier molecular flexibility index (Phi) is 6.39. The van der Waals surface area contributed by atoms with Gasteiger partial charge in [0.25, 0.3) is 11.7 Å². The third-order valence-electron chi connectivity index (χ3n) is 5.39. The van der Waals surface area contributed by atoms with Crippen LogP contribution < -0.4 is 4.90 Å². The SMILES string of the molecule is CC[NH+](CC)CCN1C(=O)C(=O)/C(=C(\O)c2ccc(F)cc2)[C@@H]1c1ccncc1. The van der Waals surface area contributed by atoms with Gasteiger partial charge in [0.1, 0.15) is 11.6 Å². The molecule has 1 aliphatic rings. The first kappa shape index (κ1) is 20.7. The third kappa shape index (κ3) is 4.19. The number of halogens is 1. The fourth-order valence-corrected chi connectivity index (χ4v) is 3.65. The average Bonchev–Trinajstić information content (AvgIpc) is 3.00. The van der Waals surface area contributed by atoms with Crippen LogP contribution in [0.4, 0.5) is 4.39 Å². The Morgan fingerprint density at radius 1 is 1.10 bits per heavy atom. The van der Waals surface area contributed by atoms with Crippen LogP contribution in [0.3, 0.4) is 0 Å². The summed E-state index contributed by atoms with van der Waals surface area (Å²) in [6, 6.07) is 7.94. The van der Waals surface area contributed by atoms with Crippen LogP contribution >= 0.6 is 0 Å². The van der Waals surface area contributed by atoms with Crippen LogP contribution in [0.5, 0.6) is 0 Å². The highest BCUT2D eigenvalue weighted by Gasteiger charge is 2.46. The van der Waals surface area contributed by atoms with Crippen molar-refractivity contribution in [2.45, 2.75) is 19.9 Å². The highest BCUT2D eigenvalue weighted by atomic mass is 19.1. The molecule has 1 saturated heterocycles. The van der Waals surface area contributed by atoms with E-state index in [0.29, 0.717) is 18.7 Å². The van der Waals surface area contributed by atoms with E-state index in [0.717, 1.165) is 13.1 Å². The van der Waals surface area contributed by atoms with Crippen molar-refractivity contribution in [1.82, 2.24) is 9.88 Å². The number of likely N-dealkylation sites (N-methyl/N-ethyl adjacent to an activating group) is 1. The predicted molar refractivity (Wildman–Crippen MR) is 107 cm³/mol. The van der Waals surface area contributed by atoms with Crippen LogP contribution in [0.25, 0.3) is 5.76 Å². The number of benzene rings is 1. The maximum absolute atomic E-state index is 13.3. The second-order valence-corrected chi connectivity index (χ2v) is 6.99. The van der Waals surface area contributed by atoms with E-state index in [1.165, 1.54) is 34.1 Å². The maximum atomic E-state index is 13.3.